The van der Waals surface area contributed by atoms with E-state index in [2.05, 4.69) is 15.4 Å². The fraction of sp³-hybridized carbons (Fsp3) is 0.222. The van der Waals surface area contributed by atoms with Gasteiger partial charge in [0.1, 0.15) is 0 Å². The number of benzene rings is 2. The maximum Gasteiger partial charge on any atom is 0.271 e. The molecule has 0 fully saturated rings. The minimum atomic E-state index is -0.556. The molecular formula is C18H18Cl2N4O3. The van der Waals surface area contributed by atoms with Gasteiger partial charge >= 0.3 is 0 Å². The molecule has 2 aromatic rings. The number of nitrogens with one attached hydrogen (secondary N) is 1. The Labute approximate surface area is 166 Å². The zero-order valence-electron chi connectivity index (χ0n) is 14.3. The lowest BCUT2D eigenvalue weighted by Gasteiger charge is -2.22. The average Bonchev–Trinajstić information content (AvgIpc) is 2.68. The number of hydrogen-bond donors (Lipinski definition) is 1. The van der Waals surface area contributed by atoms with Crippen molar-refractivity contribution in [3.8, 4) is 0 Å². The Bertz CT molecular complexity index is 807. The van der Waals surface area contributed by atoms with Gasteiger partial charge < -0.3 is 4.90 Å². The van der Waals surface area contributed by atoms with Crippen LogP contribution in [0.4, 0.5) is 11.4 Å². The standard InChI is InChI=1S/C18H18Cl2N4O3/c19-8-10-23(11-9-20)16-6-4-14(5-7-16)13-21-22-18(25)15-2-1-3-17(12-15)24(26)27/h1-7,12-13H,8-11H2,(H,22,25)/b21-13+. The smallest absolute Gasteiger partial charge is 0.271 e. The molecule has 0 saturated carbocycles. The third-order valence-electron chi connectivity index (χ3n) is 3.67. The second-order valence-electron chi connectivity index (χ2n) is 5.46. The maximum atomic E-state index is 12.0. The van der Waals surface area contributed by atoms with Gasteiger partial charge in [-0.1, -0.05) is 18.2 Å². The van der Waals surface area contributed by atoms with E-state index >= 15 is 0 Å². The molecule has 9 heteroatoms. The van der Waals surface area contributed by atoms with Gasteiger partial charge in [-0.3, -0.25) is 14.9 Å². The minimum absolute atomic E-state index is 0.152. The SMILES string of the molecule is O=C(N/N=C/c1ccc(N(CCCl)CCCl)cc1)c1cccc([N+](=O)[O-])c1. The third-order valence-corrected chi connectivity index (χ3v) is 4.00. The van der Waals surface area contributed by atoms with Crippen LogP contribution in [0.2, 0.25) is 0 Å². The van der Waals surface area contributed by atoms with Crippen LogP contribution in [0, 0.1) is 10.1 Å². The zero-order chi connectivity index (χ0) is 19.6. The number of nitrogens with zero attached hydrogens (tertiary/aromatic N) is 3. The van der Waals surface area contributed by atoms with Crippen molar-refractivity contribution in [2.45, 2.75) is 0 Å². The predicted molar refractivity (Wildman–Crippen MR) is 108 cm³/mol. The molecule has 1 amide bonds. The summed E-state index contributed by atoms with van der Waals surface area (Å²) >= 11 is 11.6. The molecule has 0 spiro atoms. The van der Waals surface area contributed by atoms with Gasteiger partial charge in [0.25, 0.3) is 11.6 Å². The molecule has 0 radical (unpaired) electrons. The molecule has 2 rings (SSSR count). The number of halogens is 2. The summed E-state index contributed by atoms with van der Waals surface area (Å²) in [6.07, 6.45) is 1.49. The van der Waals surface area contributed by atoms with E-state index in [-0.39, 0.29) is 11.3 Å². The van der Waals surface area contributed by atoms with E-state index in [1.165, 1.54) is 30.5 Å². The van der Waals surface area contributed by atoms with Crippen molar-refractivity contribution in [2.24, 2.45) is 5.10 Å². The molecule has 0 aliphatic rings. The van der Waals surface area contributed by atoms with E-state index in [4.69, 9.17) is 23.2 Å². The van der Waals surface area contributed by atoms with Crippen LogP contribution in [-0.2, 0) is 0 Å². The van der Waals surface area contributed by atoms with E-state index in [1.807, 2.05) is 24.3 Å². The zero-order valence-corrected chi connectivity index (χ0v) is 15.9. The third kappa shape index (κ3) is 6.23. The average molecular weight is 409 g/mol. The molecule has 27 heavy (non-hydrogen) atoms. The molecule has 0 saturated heterocycles. The lowest BCUT2D eigenvalue weighted by atomic mass is 10.2. The largest absolute Gasteiger partial charge is 0.369 e. The van der Waals surface area contributed by atoms with Crippen LogP contribution >= 0.6 is 23.2 Å². The van der Waals surface area contributed by atoms with E-state index in [1.54, 1.807) is 0 Å². The Morgan fingerprint density at radius 3 is 2.41 bits per heavy atom. The van der Waals surface area contributed by atoms with Crippen LogP contribution in [-0.4, -0.2) is 41.9 Å². The van der Waals surface area contributed by atoms with Crippen LogP contribution in [0.15, 0.2) is 53.6 Å². The monoisotopic (exact) mass is 408 g/mol. The molecule has 0 atom stereocenters. The molecule has 1 N–H and O–H groups in total. The van der Waals surface area contributed by atoms with Crippen LogP contribution in [0.3, 0.4) is 0 Å². The number of alkyl halides is 2. The van der Waals surface area contributed by atoms with Crippen molar-refractivity contribution in [1.82, 2.24) is 5.43 Å². The summed E-state index contributed by atoms with van der Waals surface area (Å²) in [5.41, 5.74) is 4.14. The second-order valence-corrected chi connectivity index (χ2v) is 6.22. The van der Waals surface area contributed by atoms with Crippen LogP contribution in [0.5, 0.6) is 0 Å². The number of nitro groups is 1. The molecule has 0 aliphatic carbocycles. The number of hydrazone groups is 1. The summed E-state index contributed by atoms with van der Waals surface area (Å²) < 4.78 is 0. The first kappa shape index (κ1) is 20.7. The number of carbonyl (C=O) groups excluding carboxylic acids is 1. The lowest BCUT2D eigenvalue weighted by Crippen LogP contribution is -2.27. The molecule has 0 heterocycles. The van der Waals surface area contributed by atoms with Crippen molar-refractivity contribution in [3.63, 3.8) is 0 Å². The molecule has 0 aromatic heterocycles. The van der Waals surface area contributed by atoms with E-state index in [0.717, 1.165) is 11.3 Å². The number of amides is 1. The Morgan fingerprint density at radius 2 is 1.81 bits per heavy atom. The van der Waals surface area contributed by atoms with E-state index in [9.17, 15) is 14.9 Å². The summed E-state index contributed by atoms with van der Waals surface area (Å²) in [4.78, 5) is 24.3. The fourth-order valence-corrected chi connectivity index (χ4v) is 2.74. The second kappa shape index (κ2) is 10.5. The lowest BCUT2D eigenvalue weighted by molar-refractivity contribution is -0.384. The Morgan fingerprint density at radius 1 is 1.15 bits per heavy atom. The normalized spacial score (nSPS) is 10.7. The molecule has 0 aliphatic heterocycles. The minimum Gasteiger partial charge on any atom is -0.369 e. The molecular weight excluding hydrogens is 391 g/mol. The van der Waals surface area contributed by atoms with Crippen LogP contribution in [0.1, 0.15) is 15.9 Å². The topological polar surface area (TPSA) is 87.8 Å². The van der Waals surface area contributed by atoms with E-state index in [0.29, 0.717) is 24.8 Å². The van der Waals surface area contributed by atoms with Gasteiger partial charge in [-0.25, -0.2) is 5.43 Å². The summed E-state index contributed by atoms with van der Waals surface area (Å²) in [7, 11) is 0. The summed E-state index contributed by atoms with van der Waals surface area (Å²) in [5.74, 6) is 0.482. The number of rotatable bonds is 9. The molecule has 0 unspecified atom stereocenters. The Hall–Kier alpha value is -2.64. The molecule has 142 valence electrons. The van der Waals surface area contributed by atoms with E-state index < -0.39 is 10.8 Å². The van der Waals surface area contributed by atoms with Crippen molar-refractivity contribution in [3.05, 3.63) is 69.8 Å². The highest BCUT2D eigenvalue weighted by atomic mass is 35.5. The first-order valence-electron chi connectivity index (χ1n) is 8.10. The maximum absolute atomic E-state index is 12.0. The first-order valence-corrected chi connectivity index (χ1v) is 9.17. The number of nitro benzene ring substituents is 1. The van der Waals surface area contributed by atoms with Gasteiger partial charge in [0.05, 0.1) is 11.1 Å². The van der Waals surface area contributed by atoms with Crippen molar-refractivity contribution < 1.29 is 9.72 Å². The van der Waals surface area contributed by atoms with Gasteiger partial charge in [0.15, 0.2) is 0 Å². The highest BCUT2D eigenvalue weighted by molar-refractivity contribution is 6.18. The number of hydrogen-bond acceptors (Lipinski definition) is 5. The number of non-ortho nitro benzene ring substituents is 1. The van der Waals surface area contributed by atoms with Gasteiger partial charge in [-0.15, -0.1) is 23.2 Å². The van der Waals surface area contributed by atoms with Gasteiger partial charge in [0, 0.05) is 48.2 Å². The molecule has 0 bridgehead atoms. The summed E-state index contributed by atoms with van der Waals surface area (Å²) in [6.45, 7) is 1.39. The van der Waals surface area contributed by atoms with Crippen LogP contribution in [0.25, 0.3) is 0 Å². The first-order chi connectivity index (χ1) is 13.0. The molecule has 2 aromatic carbocycles. The fourth-order valence-electron chi connectivity index (χ4n) is 2.34. The predicted octanol–water partition coefficient (Wildman–Crippen LogP) is 3.64. The van der Waals surface area contributed by atoms with Crippen molar-refractivity contribution in [2.75, 3.05) is 29.7 Å². The van der Waals surface area contributed by atoms with Gasteiger partial charge in [-0.2, -0.15) is 5.10 Å². The van der Waals surface area contributed by atoms with Gasteiger partial charge in [0.2, 0.25) is 0 Å². The number of carbonyl (C=O) groups is 1. The summed E-state index contributed by atoms with van der Waals surface area (Å²) in [6, 6.07) is 13.0. The highest BCUT2D eigenvalue weighted by Gasteiger charge is 2.10. The van der Waals surface area contributed by atoms with Crippen molar-refractivity contribution >= 4 is 46.7 Å². The summed E-state index contributed by atoms with van der Waals surface area (Å²) in [5, 5.41) is 14.6. The number of anilines is 1. The quantitative estimate of drug-likeness (QED) is 0.297. The highest BCUT2D eigenvalue weighted by Crippen LogP contribution is 2.15. The van der Waals surface area contributed by atoms with Crippen molar-refractivity contribution in [1.29, 1.82) is 0 Å². The van der Waals surface area contributed by atoms with Crippen LogP contribution < -0.4 is 10.3 Å². The van der Waals surface area contributed by atoms with Gasteiger partial charge in [-0.05, 0) is 23.8 Å². The Balaban J connectivity index is 1.98. The Kier molecular flexibility index (Phi) is 8.03. The molecule has 7 nitrogen and oxygen atoms in total.